The largest absolute Gasteiger partial charge is 0.380 e. The van der Waals surface area contributed by atoms with Crippen molar-refractivity contribution in [3.63, 3.8) is 0 Å². The van der Waals surface area contributed by atoms with Crippen molar-refractivity contribution in [2.45, 2.75) is 33.2 Å². The Morgan fingerprint density at radius 3 is 2.93 bits per heavy atom. The molecule has 0 bridgehead atoms. The Balaban J connectivity index is 2.35. The van der Waals surface area contributed by atoms with Gasteiger partial charge in [0.05, 0.1) is 6.61 Å². The van der Waals surface area contributed by atoms with Gasteiger partial charge in [0.1, 0.15) is 0 Å². The maximum atomic E-state index is 5.44. The van der Waals surface area contributed by atoms with Crippen LogP contribution in [-0.4, -0.2) is 50.3 Å². The molecule has 1 fully saturated rings. The summed E-state index contributed by atoms with van der Waals surface area (Å²) < 4.78 is 5.44. The van der Waals surface area contributed by atoms with Gasteiger partial charge < -0.3 is 10.1 Å². The molecule has 0 amide bonds. The van der Waals surface area contributed by atoms with Crippen LogP contribution >= 0.6 is 0 Å². The molecule has 2 atom stereocenters. The van der Waals surface area contributed by atoms with E-state index in [1.165, 1.54) is 13.0 Å². The molecule has 1 heterocycles. The summed E-state index contributed by atoms with van der Waals surface area (Å²) in [6.07, 6.45) is 1.26. The number of hydrogen-bond donors (Lipinski definition) is 1. The maximum Gasteiger partial charge on any atom is 0.0593 e. The zero-order valence-corrected chi connectivity index (χ0v) is 10.5. The topological polar surface area (TPSA) is 24.5 Å². The third kappa shape index (κ3) is 4.09. The number of nitrogens with zero attached hydrogens (tertiary/aromatic N) is 1. The average molecular weight is 214 g/mol. The molecule has 1 saturated heterocycles. The van der Waals surface area contributed by atoms with Crippen molar-refractivity contribution in [3.05, 3.63) is 0 Å². The van der Waals surface area contributed by atoms with Crippen LogP contribution in [-0.2, 0) is 4.74 Å². The van der Waals surface area contributed by atoms with E-state index in [1.54, 1.807) is 0 Å². The number of rotatable bonds is 6. The average Bonchev–Trinajstić information content (AvgIpc) is 2.29. The van der Waals surface area contributed by atoms with Gasteiger partial charge in [-0.3, -0.25) is 4.90 Å². The van der Waals surface area contributed by atoms with Gasteiger partial charge in [-0.15, -0.1) is 0 Å². The van der Waals surface area contributed by atoms with Crippen LogP contribution < -0.4 is 5.32 Å². The van der Waals surface area contributed by atoms with Gasteiger partial charge in [0.15, 0.2) is 0 Å². The fourth-order valence-electron chi connectivity index (χ4n) is 2.20. The van der Waals surface area contributed by atoms with E-state index >= 15 is 0 Å². The van der Waals surface area contributed by atoms with Crippen molar-refractivity contribution in [1.82, 2.24) is 10.2 Å². The lowest BCUT2D eigenvalue weighted by atomic mass is 9.96. The third-order valence-corrected chi connectivity index (χ3v) is 3.43. The van der Waals surface area contributed by atoms with Crippen LogP contribution in [0.25, 0.3) is 0 Å². The Bertz CT molecular complexity index is 164. The molecule has 90 valence electrons. The first-order valence-corrected chi connectivity index (χ1v) is 6.32. The van der Waals surface area contributed by atoms with Gasteiger partial charge in [-0.05, 0) is 12.8 Å². The van der Waals surface area contributed by atoms with Crippen molar-refractivity contribution in [1.29, 1.82) is 0 Å². The summed E-state index contributed by atoms with van der Waals surface area (Å²) in [6, 6.07) is 0.698. The van der Waals surface area contributed by atoms with E-state index in [1.807, 2.05) is 0 Å². The summed E-state index contributed by atoms with van der Waals surface area (Å²) in [6.45, 7) is 12.9. The minimum Gasteiger partial charge on any atom is -0.380 e. The first-order chi connectivity index (χ1) is 7.29. The second kappa shape index (κ2) is 7.20. The fraction of sp³-hybridized carbons (Fsp3) is 1.00. The van der Waals surface area contributed by atoms with Gasteiger partial charge in [0, 0.05) is 38.8 Å². The Morgan fingerprint density at radius 1 is 1.47 bits per heavy atom. The van der Waals surface area contributed by atoms with Gasteiger partial charge in [-0.2, -0.15) is 0 Å². The molecule has 3 nitrogen and oxygen atoms in total. The van der Waals surface area contributed by atoms with E-state index in [-0.39, 0.29) is 0 Å². The van der Waals surface area contributed by atoms with Crippen molar-refractivity contribution in [2.24, 2.45) is 5.92 Å². The monoisotopic (exact) mass is 214 g/mol. The molecule has 1 rings (SSSR count). The molecular weight excluding hydrogens is 188 g/mol. The zero-order chi connectivity index (χ0) is 11.1. The summed E-state index contributed by atoms with van der Waals surface area (Å²) >= 11 is 0. The van der Waals surface area contributed by atoms with Gasteiger partial charge in [-0.1, -0.05) is 20.3 Å². The molecule has 1 N–H and O–H groups in total. The molecule has 1 aliphatic rings. The predicted octanol–water partition coefficient (Wildman–Crippen LogP) is 1.34. The lowest BCUT2D eigenvalue weighted by molar-refractivity contribution is 0.0641. The molecule has 0 radical (unpaired) electrons. The Kier molecular flexibility index (Phi) is 6.22. The van der Waals surface area contributed by atoms with E-state index in [0.717, 1.165) is 38.8 Å². The normalized spacial score (nSPS) is 25.4. The van der Waals surface area contributed by atoms with Crippen molar-refractivity contribution in [2.75, 3.05) is 39.4 Å². The molecule has 0 aromatic heterocycles. The summed E-state index contributed by atoms with van der Waals surface area (Å²) in [7, 11) is 0. The van der Waals surface area contributed by atoms with E-state index in [4.69, 9.17) is 4.74 Å². The van der Waals surface area contributed by atoms with Gasteiger partial charge in [0.2, 0.25) is 0 Å². The fourth-order valence-corrected chi connectivity index (χ4v) is 2.20. The summed E-state index contributed by atoms with van der Waals surface area (Å²) in [4.78, 5) is 2.58. The summed E-state index contributed by atoms with van der Waals surface area (Å²) in [5.41, 5.74) is 0. The summed E-state index contributed by atoms with van der Waals surface area (Å²) in [5, 5.41) is 3.49. The molecule has 15 heavy (non-hydrogen) atoms. The predicted molar refractivity (Wildman–Crippen MR) is 64.2 cm³/mol. The van der Waals surface area contributed by atoms with Crippen LogP contribution in [0.3, 0.4) is 0 Å². The van der Waals surface area contributed by atoms with Crippen LogP contribution in [0.4, 0.5) is 0 Å². The number of ether oxygens (including phenoxy) is 1. The van der Waals surface area contributed by atoms with E-state index in [9.17, 15) is 0 Å². The van der Waals surface area contributed by atoms with Crippen LogP contribution in [0.15, 0.2) is 0 Å². The Labute approximate surface area is 94.2 Å². The van der Waals surface area contributed by atoms with Gasteiger partial charge in [0.25, 0.3) is 0 Å². The van der Waals surface area contributed by atoms with E-state index in [2.05, 4.69) is 31.0 Å². The summed E-state index contributed by atoms with van der Waals surface area (Å²) in [5.74, 6) is 0.777. The van der Waals surface area contributed by atoms with Crippen LogP contribution in [0.1, 0.15) is 27.2 Å². The number of piperazine rings is 1. The molecule has 0 aliphatic carbocycles. The highest BCUT2D eigenvalue weighted by atomic mass is 16.5. The number of hydrogen-bond acceptors (Lipinski definition) is 3. The molecule has 0 aromatic rings. The smallest absolute Gasteiger partial charge is 0.0593 e. The Morgan fingerprint density at radius 2 is 2.27 bits per heavy atom. The molecule has 0 saturated carbocycles. The quantitative estimate of drug-likeness (QED) is 0.675. The Hall–Kier alpha value is -0.120. The first kappa shape index (κ1) is 12.9. The van der Waals surface area contributed by atoms with Crippen molar-refractivity contribution < 1.29 is 4.74 Å². The van der Waals surface area contributed by atoms with Gasteiger partial charge in [-0.25, -0.2) is 0 Å². The van der Waals surface area contributed by atoms with Crippen LogP contribution in [0.2, 0.25) is 0 Å². The second-order valence-electron chi connectivity index (χ2n) is 4.39. The van der Waals surface area contributed by atoms with E-state index in [0.29, 0.717) is 6.04 Å². The second-order valence-corrected chi connectivity index (χ2v) is 4.39. The molecule has 1 aliphatic heterocycles. The first-order valence-electron chi connectivity index (χ1n) is 6.32. The molecular formula is C12H26N2O. The molecule has 0 aromatic carbocycles. The highest BCUT2D eigenvalue weighted by Crippen LogP contribution is 2.15. The minimum absolute atomic E-state index is 0.698. The number of nitrogens with one attached hydrogen (secondary N) is 1. The maximum absolute atomic E-state index is 5.44. The van der Waals surface area contributed by atoms with Crippen LogP contribution in [0, 0.1) is 5.92 Å². The highest BCUT2D eigenvalue weighted by Gasteiger charge is 2.25. The van der Waals surface area contributed by atoms with Crippen LogP contribution in [0.5, 0.6) is 0 Å². The third-order valence-electron chi connectivity index (χ3n) is 3.43. The van der Waals surface area contributed by atoms with Crippen molar-refractivity contribution >= 4 is 0 Å². The molecule has 2 unspecified atom stereocenters. The highest BCUT2D eigenvalue weighted by molar-refractivity contribution is 4.83. The molecule has 0 spiro atoms. The minimum atomic E-state index is 0.698. The molecule has 3 heteroatoms. The lowest BCUT2D eigenvalue weighted by Gasteiger charge is -2.39. The standard InChI is InChI=1S/C12H26N2O/c1-4-11(3)12-10-13-6-7-14(12)8-9-15-5-2/h11-13H,4-10H2,1-3H3. The van der Waals surface area contributed by atoms with Crippen molar-refractivity contribution in [3.8, 4) is 0 Å². The SMILES string of the molecule is CCOCCN1CCNCC1C(C)CC. The van der Waals surface area contributed by atoms with Gasteiger partial charge >= 0.3 is 0 Å². The zero-order valence-electron chi connectivity index (χ0n) is 10.5. The van der Waals surface area contributed by atoms with E-state index < -0.39 is 0 Å². The lowest BCUT2D eigenvalue weighted by Crippen LogP contribution is -2.54.